The van der Waals surface area contributed by atoms with Gasteiger partial charge in [0.15, 0.2) is 0 Å². The molecule has 0 spiro atoms. The molecular formula is C23H24FN5OS. The minimum absolute atomic E-state index is 0.0292. The standard InChI is InChI=1S/C23H24FN5OS/c24-17-4-1-3-16(11-17)13-29-15-27-22-21(23(29)30)19-6-5-18(12-20(19)31-22)26-7-2-9-28-10-8-25-14-28/h1,3-4,8,10-11,14-15,18,26H,2,5-7,9,12-13H2. The first-order valence-corrected chi connectivity index (χ1v) is 11.4. The number of imidazole rings is 1. The fraction of sp³-hybridized carbons (Fsp3) is 0.348. The van der Waals surface area contributed by atoms with Gasteiger partial charge in [0.2, 0.25) is 0 Å². The first kappa shape index (κ1) is 20.1. The molecule has 5 rings (SSSR count). The van der Waals surface area contributed by atoms with Crippen LogP contribution in [0.3, 0.4) is 0 Å². The molecule has 1 atom stereocenters. The van der Waals surface area contributed by atoms with Crippen LogP contribution in [0.4, 0.5) is 4.39 Å². The van der Waals surface area contributed by atoms with Crippen LogP contribution in [0.2, 0.25) is 0 Å². The Hall–Kier alpha value is -2.84. The Morgan fingerprint density at radius 2 is 2.23 bits per heavy atom. The summed E-state index contributed by atoms with van der Waals surface area (Å²) in [5.41, 5.74) is 1.88. The number of rotatable bonds is 7. The maximum atomic E-state index is 13.5. The Morgan fingerprint density at radius 1 is 1.29 bits per heavy atom. The number of halogens is 1. The van der Waals surface area contributed by atoms with Crippen LogP contribution in [-0.2, 0) is 25.9 Å². The van der Waals surface area contributed by atoms with Crippen molar-refractivity contribution in [3.8, 4) is 0 Å². The van der Waals surface area contributed by atoms with E-state index in [4.69, 9.17) is 0 Å². The van der Waals surface area contributed by atoms with Crippen molar-refractivity contribution >= 4 is 21.6 Å². The van der Waals surface area contributed by atoms with E-state index in [-0.39, 0.29) is 11.4 Å². The third-order valence-electron chi connectivity index (χ3n) is 5.86. The lowest BCUT2D eigenvalue weighted by Gasteiger charge is -2.23. The lowest BCUT2D eigenvalue weighted by Crippen LogP contribution is -2.35. The zero-order chi connectivity index (χ0) is 21.2. The molecule has 4 aromatic rings. The monoisotopic (exact) mass is 437 g/mol. The van der Waals surface area contributed by atoms with Gasteiger partial charge in [0.1, 0.15) is 10.6 Å². The molecule has 1 aliphatic rings. The predicted molar refractivity (Wildman–Crippen MR) is 120 cm³/mol. The number of hydrogen-bond acceptors (Lipinski definition) is 5. The number of aryl methyl sites for hydroxylation is 2. The maximum absolute atomic E-state index is 13.5. The molecule has 0 aliphatic heterocycles. The average molecular weight is 438 g/mol. The van der Waals surface area contributed by atoms with E-state index in [1.807, 2.05) is 18.6 Å². The SMILES string of the molecule is O=c1c2c3c(sc2ncn1Cc1cccc(F)c1)CC(NCCCn1ccnc1)CC3. The number of hydrogen-bond donors (Lipinski definition) is 1. The Balaban J connectivity index is 1.29. The van der Waals surface area contributed by atoms with E-state index in [2.05, 4.69) is 19.9 Å². The van der Waals surface area contributed by atoms with Crippen molar-refractivity contribution in [3.05, 3.63) is 81.5 Å². The summed E-state index contributed by atoms with van der Waals surface area (Å²) >= 11 is 1.64. The van der Waals surface area contributed by atoms with Gasteiger partial charge in [0, 0.05) is 29.9 Å². The fourth-order valence-corrected chi connectivity index (χ4v) is 5.56. The molecule has 31 heavy (non-hydrogen) atoms. The van der Waals surface area contributed by atoms with E-state index in [0.29, 0.717) is 12.6 Å². The molecule has 1 N–H and O–H groups in total. The largest absolute Gasteiger partial charge is 0.337 e. The first-order valence-electron chi connectivity index (χ1n) is 10.6. The van der Waals surface area contributed by atoms with Gasteiger partial charge >= 0.3 is 0 Å². The highest BCUT2D eigenvalue weighted by Crippen LogP contribution is 2.33. The normalized spacial score (nSPS) is 16.0. The number of benzene rings is 1. The van der Waals surface area contributed by atoms with E-state index in [0.717, 1.165) is 60.1 Å². The quantitative estimate of drug-likeness (QED) is 0.450. The van der Waals surface area contributed by atoms with E-state index in [1.165, 1.54) is 17.0 Å². The lowest BCUT2D eigenvalue weighted by molar-refractivity contribution is 0.449. The molecule has 0 radical (unpaired) electrons. The predicted octanol–water partition coefficient (Wildman–Crippen LogP) is 3.38. The minimum atomic E-state index is -0.295. The minimum Gasteiger partial charge on any atom is -0.337 e. The van der Waals surface area contributed by atoms with Gasteiger partial charge in [0.25, 0.3) is 5.56 Å². The second-order valence-electron chi connectivity index (χ2n) is 8.04. The summed E-state index contributed by atoms with van der Waals surface area (Å²) in [7, 11) is 0. The van der Waals surface area contributed by atoms with E-state index in [1.54, 1.807) is 34.5 Å². The van der Waals surface area contributed by atoms with E-state index in [9.17, 15) is 9.18 Å². The summed E-state index contributed by atoms with van der Waals surface area (Å²) in [6, 6.07) is 6.79. The first-order chi connectivity index (χ1) is 15.2. The summed E-state index contributed by atoms with van der Waals surface area (Å²) in [4.78, 5) is 23.9. The molecule has 3 heterocycles. The van der Waals surface area contributed by atoms with Gasteiger partial charge < -0.3 is 9.88 Å². The van der Waals surface area contributed by atoms with Gasteiger partial charge in [0.05, 0.1) is 24.6 Å². The highest BCUT2D eigenvalue weighted by Gasteiger charge is 2.25. The number of aromatic nitrogens is 4. The molecule has 160 valence electrons. The molecular weight excluding hydrogens is 413 g/mol. The van der Waals surface area contributed by atoms with Crippen molar-refractivity contribution < 1.29 is 4.39 Å². The van der Waals surface area contributed by atoms with Crippen molar-refractivity contribution in [2.24, 2.45) is 0 Å². The second kappa shape index (κ2) is 8.72. The van der Waals surface area contributed by atoms with Gasteiger partial charge in [-0.15, -0.1) is 11.3 Å². The molecule has 1 aliphatic carbocycles. The van der Waals surface area contributed by atoms with Crippen LogP contribution in [-0.4, -0.2) is 31.7 Å². The Labute approximate surface area is 183 Å². The lowest BCUT2D eigenvalue weighted by atomic mass is 9.93. The molecule has 1 unspecified atom stereocenters. The number of nitrogens with one attached hydrogen (secondary N) is 1. The van der Waals surface area contributed by atoms with Crippen LogP contribution in [0.5, 0.6) is 0 Å². The maximum Gasteiger partial charge on any atom is 0.262 e. The van der Waals surface area contributed by atoms with Crippen LogP contribution in [0, 0.1) is 5.82 Å². The summed E-state index contributed by atoms with van der Waals surface area (Å²) in [5, 5.41) is 4.41. The zero-order valence-electron chi connectivity index (χ0n) is 17.1. The number of nitrogens with zero attached hydrogens (tertiary/aromatic N) is 4. The molecule has 3 aromatic heterocycles. The summed E-state index contributed by atoms with van der Waals surface area (Å²) in [6.07, 6.45) is 11.1. The third-order valence-corrected chi connectivity index (χ3v) is 7.03. The molecule has 0 fully saturated rings. The molecule has 0 saturated carbocycles. The van der Waals surface area contributed by atoms with Crippen LogP contribution in [0.1, 0.15) is 28.8 Å². The summed E-state index contributed by atoms with van der Waals surface area (Å²) < 4.78 is 17.2. The van der Waals surface area contributed by atoms with Gasteiger partial charge in [-0.3, -0.25) is 9.36 Å². The van der Waals surface area contributed by atoms with Crippen molar-refractivity contribution in [1.82, 2.24) is 24.4 Å². The zero-order valence-corrected chi connectivity index (χ0v) is 17.9. The van der Waals surface area contributed by atoms with Crippen molar-refractivity contribution in [2.75, 3.05) is 6.54 Å². The van der Waals surface area contributed by atoms with Gasteiger partial charge in [-0.2, -0.15) is 0 Å². The Kier molecular flexibility index (Phi) is 5.65. The summed E-state index contributed by atoms with van der Waals surface area (Å²) in [5.74, 6) is -0.295. The molecule has 0 amide bonds. The van der Waals surface area contributed by atoms with Crippen LogP contribution >= 0.6 is 11.3 Å². The molecule has 0 bridgehead atoms. The molecule has 1 aromatic carbocycles. The average Bonchev–Trinajstić information content (AvgIpc) is 3.41. The number of fused-ring (bicyclic) bond motifs is 3. The van der Waals surface area contributed by atoms with Crippen LogP contribution in [0.25, 0.3) is 10.2 Å². The highest BCUT2D eigenvalue weighted by atomic mass is 32.1. The molecule has 6 nitrogen and oxygen atoms in total. The number of thiophene rings is 1. The topological polar surface area (TPSA) is 64.7 Å². The van der Waals surface area contributed by atoms with Crippen molar-refractivity contribution in [3.63, 3.8) is 0 Å². The van der Waals surface area contributed by atoms with Crippen molar-refractivity contribution in [2.45, 2.75) is 44.8 Å². The third kappa shape index (κ3) is 4.31. The van der Waals surface area contributed by atoms with E-state index < -0.39 is 0 Å². The van der Waals surface area contributed by atoms with E-state index >= 15 is 0 Å². The smallest absolute Gasteiger partial charge is 0.262 e. The Bertz CT molecular complexity index is 1250. The van der Waals surface area contributed by atoms with Gasteiger partial charge in [-0.05, 0) is 55.5 Å². The molecule has 0 saturated heterocycles. The summed E-state index contributed by atoms with van der Waals surface area (Å²) in [6.45, 7) is 2.25. The fourth-order valence-electron chi connectivity index (χ4n) is 4.31. The Morgan fingerprint density at radius 3 is 3.06 bits per heavy atom. The van der Waals surface area contributed by atoms with Crippen molar-refractivity contribution in [1.29, 1.82) is 0 Å². The van der Waals surface area contributed by atoms with Crippen LogP contribution < -0.4 is 10.9 Å². The van der Waals surface area contributed by atoms with Crippen LogP contribution in [0.15, 0.2) is 54.1 Å². The van der Waals surface area contributed by atoms with Gasteiger partial charge in [-0.25, -0.2) is 14.4 Å². The van der Waals surface area contributed by atoms with Gasteiger partial charge in [-0.1, -0.05) is 12.1 Å². The highest BCUT2D eigenvalue weighted by molar-refractivity contribution is 7.18. The molecule has 8 heteroatoms. The second-order valence-corrected chi connectivity index (χ2v) is 9.12.